The maximum absolute atomic E-state index is 5.16. The van der Waals surface area contributed by atoms with Crippen molar-refractivity contribution < 1.29 is 4.52 Å². The van der Waals surface area contributed by atoms with Gasteiger partial charge >= 0.3 is 0 Å². The van der Waals surface area contributed by atoms with Crippen LogP contribution in [0.2, 0.25) is 0 Å². The molecule has 1 aliphatic heterocycles. The van der Waals surface area contributed by atoms with Gasteiger partial charge in [-0.3, -0.25) is 5.32 Å². The third-order valence-electron chi connectivity index (χ3n) is 3.74. The zero-order valence-electron chi connectivity index (χ0n) is 12.2. The Balaban J connectivity index is 1.53. The highest BCUT2D eigenvalue weighted by Gasteiger charge is 2.20. The van der Waals surface area contributed by atoms with Crippen LogP contribution in [0.4, 0.5) is 5.82 Å². The first kappa shape index (κ1) is 13.2. The molecule has 0 saturated carbocycles. The van der Waals surface area contributed by atoms with E-state index in [1.807, 2.05) is 31.5 Å². The lowest BCUT2D eigenvalue weighted by molar-refractivity contribution is 0.351. The minimum absolute atomic E-state index is 0.488. The highest BCUT2D eigenvalue weighted by Crippen LogP contribution is 2.18. The average Bonchev–Trinajstić information content (AvgIpc) is 2.93. The lowest BCUT2D eigenvalue weighted by Crippen LogP contribution is -2.34. The predicted molar refractivity (Wildman–Crippen MR) is 74.8 cm³/mol. The SMILES string of the molecule is Cc1cc2n(n1)CC(CNCc1c(C)noc1C)C[N]2. The summed E-state index contributed by atoms with van der Waals surface area (Å²) in [6, 6.07) is 2.04. The maximum atomic E-state index is 5.16. The third-order valence-corrected chi connectivity index (χ3v) is 3.74. The van der Waals surface area contributed by atoms with Crippen molar-refractivity contribution in [2.45, 2.75) is 33.9 Å². The quantitative estimate of drug-likeness (QED) is 0.916. The molecule has 0 spiro atoms. The summed E-state index contributed by atoms with van der Waals surface area (Å²) < 4.78 is 7.17. The maximum Gasteiger partial charge on any atom is 0.145 e. The Kier molecular flexibility index (Phi) is 3.48. The van der Waals surface area contributed by atoms with Crippen LogP contribution in [-0.2, 0) is 13.1 Å². The number of rotatable bonds is 4. The number of aromatic nitrogens is 3. The van der Waals surface area contributed by atoms with E-state index in [1.165, 1.54) is 0 Å². The summed E-state index contributed by atoms with van der Waals surface area (Å²) in [5.41, 5.74) is 3.16. The van der Waals surface area contributed by atoms with Crippen molar-refractivity contribution in [2.24, 2.45) is 5.92 Å². The van der Waals surface area contributed by atoms with Gasteiger partial charge in [0.2, 0.25) is 0 Å². The van der Waals surface area contributed by atoms with E-state index in [1.54, 1.807) is 0 Å². The zero-order valence-corrected chi connectivity index (χ0v) is 12.2. The van der Waals surface area contributed by atoms with Crippen molar-refractivity contribution in [2.75, 3.05) is 13.1 Å². The molecular weight excluding hydrogens is 254 g/mol. The van der Waals surface area contributed by atoms with Crippen LogP contribution in [0.3, 0.4) is 0 Å². The van der Waals surface area contributed by atoms with Gasteiger partial charge in [-0.05, 0) is 20.8 Å². The first-order valence-electron chi connectivity index (χ1n) is 6.98. The average molecular weight is 274 g/mol. The van der Waals surface area contributed by atoms with Crippen molar-refractivity contribution in [1.29, 1.82) is 0 Å². The molecule has 0 amide bonds. The van der Waals surface area contributed by atoms with E-state index >= 15 is 0 Å². The second kappa shape index (κ2) is 5.28. The minimum atomic E-state index is 0.488. The second-order valence-corrected chi connectivity index (χ2v) is 5.47. The molecule has 6 nitrogen and oxygen atoms in total. The van der Waals surface area contributed by atoms with Crippen molar-refractivity contribution in [3.05, 3.63) is 28.8 Å². The highest BCUT2D eigenvalue weighted by atomic mass is 16.5. The Bertz CT molecular complexity index is 581. The van der Waals surface area contributed by atoms with Crippen LogP contribution in [0.15, 0.2) is 10.6 Å². The first-order valence-corrected chi connectivity index (χ1v) is 6.98. The van der Waals surface area contributed by atoms with Gasteiger partial charge in [0.05, 0.1) is 11.4 Å². The molecule has 3 rings (SSSR count). The lowest BCUT2D eigenvalue weighted by atomic mass is 10.1. The highest BCUT2D eigenvalue weighted by molar-refractivity contribution is 5.29. The third kappa shape index (κ3) is 2.56. The molecule has 0 bridgehead atoms. The summed E-state index contributed by atoms with van der Waals surface area (Å²) in [7, 11) is 0. The smallest absolute Gasteiger partial charge is 0.145 e. The van der Waals surface area contributed by atoms with E-state index in [0.29, 0.717) is 5.92 Å². The van der Waals surface area contributed by atoms with E-state index in [-0.39, 0.29) is 0 Å². The topological polar surface area (TPSA) is 70.0 Å². The van der Waals surface area contributed by atoms with Crippen LogP contribution >= 0.6 is 0 Å². The van der Waals surface area contributed by atoms with Crippen LogP contribution in [0.5, 0.6) is 0 Å². The van der Waals surface area contributed by atoms with Gasteiger partial charge in [0.15, 0.2) is 0 Å². The fraction of sp³-hybridized carbons (Fsp3) is 0.571. The van der Waals surface area contributed by atoms with E-state index in [0.717, 1.165) is 54.7 Å². The lowest BCUT2D eigenvalue weighted by Gasteiger charge is -2.23. The van der Waals surface area contributed by atoms with E-state index in [9.17, 15) is 0 Å². The van der Waals surface area contributed by atoms with Crippen LogP contribution < -0.4 is 10.6 Å². The summed E-state index contributed by atoms with van der Waals surface area (Å²) in [6.07, 6.45) is 0. The number of aryl methyl sites for hydroxylation is 3. The fourth-order valence-corrected chi connectivity index (χ4v) is 2.60. The van der Waals surface area contributed by atoms with Crippen molar-refractivity contribution >= 4 is 5.82 Å². The summed E-state index contributed by atoms with van der Waals surface area (Å²) in [6.45, 7) is 9.44. The molecule has 3 heterocycles. The largest absolute Gasteiger partial charge is 0.361 e. The van der Waals surface area contributed by atoms with Gasteiger partial charge in [-0.15, -0.1) is 0 Å². The molecular formula is C14H20N5O. The molecule has 20 heavy (non-hydrogen) atoms. The van der Waals surface area contributed by atoms with Gasteiger partial charge in [-0.25, -0.2) is 4.68 Å². The number of hydrogen-bond donors (Lipinski definition) is 1. The Morgan fingerprint density at radius 2 is 2.25 bits per heavy atom. The molecule has 2 aromatic heterocycles. The van der Waals surface area contributed by atoms with Gasteiger partial charge in [0.25, 0.3) is 0 Å². The van der Waals surface area contributed by atoms with Crippen LogP contribution in [0.1, 0.15) is 22.7 Å². The molecule has 0 aliphatic carbocycles. The van der Waals surface area contributed by atoms with E-state index < -0.39 is 0 Å². The van der Waals surface area contributed by atoms with Crippen molar-refractivity contribution in [1.82, 2.24) is 25.6 Å². The minimum Gasteiger partial charge on any atom is -0.361 e. The zero-order chi connectivity index (χ0) is 14.1. The Morgan fingerprint density at radius 3 is 3.00 bits per heavy atom. The van der Waals surface area contributed by atoms with Gasteiger partial charge in [0, 0.05) is 43.7 Å². The molecule has 1 aliphatic rings. The molecule has 1 atom stereocenters. The van der Waals surface area contributed by atoms with Crippen LogP contribution in [0.25, 0.3) is 0 Å². The Hall–Kier alpha value is -1.82. The van der Waals surface area contributed by atoms with Crippen LogP contribution in [-0.4, -0.2) is 28.0 Å². The Morgan fingerprint density at radius 1 is 1.40 bits per heavy atom. The van der Waals surface area contributed by atoms with Crippen LogP contribution in [0, 0.1) is 26.7 Å². The summed E-state index contributed by atoms with van der Waals surface area (Å²) in [5.74, 6) is 2.39. The Labute approximate surface area is 118 Å². The molecule has 0 fully saturated rings. The van der Waals surface area contributed by atoms with Crippen molar-refractivity contribution in [3.8, 4) is 0 Å². The molecule has 107 valence electrons. The monoisotopic (exact) mass is 274 g/mol. The number of fused-ring (bicyclic) bond motifs is 1. The van der Waals surface area contributed by atoms with E-state index in [4.69, 9.17) is 4.52 Å². The molecule has 1 N–H and O–H groups in total. The second-order valence-electron chi connectivity index (χ2n) is 5.47. The first-order chi connectivity index (χ1) is 9.63. The normalized spacial score (nSPS) is 17.9. The van der Waals surface area contributed by atoms with Crippen molar-refractivity contribution in [3.63, 3.8) is 0 Å². The van der Waals surface area contributed by atoms with E-state index in [2.05, 4.69) is 20.9 Å². The molecule has 1 radical (unpaired) electrons. The number of nitrogens with one attached hydrogen (secondary N) is 1. The standard InChI is InChI=1S/C14H20N5O/c1-9-4-14-16-6-12(8-19(14)17-9)5-15-7-13-10(2)18-20-11(13)3/h4,12,15H,5-8H2,1-3H3. The summed E-state index contributed by atoms with van der Waals surface area (Å²) >= 11 is 0. The molecule has 0 saturated heterocycles. The fourth-order valence-electron chi connectivity index (χ4n) is 2.60. The molecule has 6 heteroatoms. The van der Waals surface area contributed by atoms with Gasteiger partial charge in [-0.1, -0.05) is 5.16 Å². The molecule has 2 aromatic rings. The number of hydrogen-bond acceptors (Lipinski definition) is 4. The predicted octanol–water partition coefficient (Wildman–Crippen LogP) is 1.45. The molecule has 1 unspecified atom stereocenters. The van der Waals surface area contributed by atoms with Gasteiger partial charge in [-0.2, -0.15) is 5.10 Å². The summed E-state index contributed by atoms with van der Waals surface area (Å²) in [4.78, 5) is 0. The molecule has 0 aromatic carbocycles. The summed E-state index contributed by atoms with van der Waals surface area (Å²) in [5, 5.41) is 16.5. The van der Waals surface area contributed by atoms with Gasteiger partial charge < -0.3 is 9.84 Å². The number of nitrogens with zero attached hydrogens (tertiary/aromatic N) is 4. The van der Waals surface area contributed by atoms with Gasteiger partial charge in [0.1, 0.15) is 11.6 Å².